The lowest BCUT2D eigenvalue weighted by Gasteiger charge is -2.19. The normalized spacial score (nSPS) is 13.4. The highest BCUT2D eigenvalue weighted by atomic mass is 14.2. The summed E-state index contributed by atoms with van der Waals surface area (Å²) in [5.41, 5.74) is 7.07. The van der Waals surface area contributed by atoms with E-state index in [2.05, 4.69) is 36.4 Å². The highest BCUT2D eigenvalue weighted by molar-refractivity contribution is 6.22. The SMILES string of the molecule is [2H]c1c([2H])c([2H])c2c(-c3ccccc3)c3c([2H])c(-c4cccc5ccccc45)c([2H])c([2H])c3c(-c3cccc(-c4ccc(-c5ccccc5)cc4)c3)c2c1[2H]. The Kier molecular flexibility index (Phi) is 5.31. The number of benzene rings is 9. The predicted octanol–water partition coefficient (Wildman–Crippen LogP) is 13.5. The van der Waals surface area contributed by atoms with E-state index in [1.165, 1.54) is 0 Å². The average molecular weight is 616 g/mol. The highest BCUT2D eigenvalue weighted by Gasteiger charge is 2.18. The first kappa shape index (κ1) is 21.5. The zero-order valence-corrected chi connectivity index (χ0v) is 25.9. The minimum Gasteiger partial charge on any atom is -0.0622 e. The van der Waals surface area contributed by atoms with Gasteiger partial charge in [0.15, 0.2) is 0 Å². The topological polar surface area (TPSA) is 0 Å². The Morgan fingerprint density at radius 1 is 0.312 bits per heavy atom. The summed E-state index contributed by atoms with van der Waals surface area (Å²) in [6, 6.07) is 47.6. The van der Waals surface area contributed by atoms with E-state index in [1.54, 1.807) is 0 Å². The monoisotopic (exact) mass is 615 g/mol. The molecular formula is C48H32. The van der Waals surface area contributed by atoms with E-state index in [4.69, 9.17) is 2.74 Å². The van der Waals surface area contributed by atoms with Gasteiger partial charge in [-0.05, 0) is 100 Å². The van der Waals surface area contributed by atoms with Crippen LogP contribution in [0.15, 0.2) is 194 Å². The van der Waals surface area contributed by atoms with Gasteiger partial charge in [-0.15, -0.1) is 0 Å². The molecule has 0 aliphatic rings. The molecule has 0 saturated heterocycles. The molecule has 48 heavy (non-hydrogen) atoms. The summed E-state index contributed by atoms with van der Waals surface area (Å²) in [5, 5.41) is 2.97. The first-order valence-corrected chi connectivity index (χ1v) is 16.0. The van der Waals surface area contributed by atoms with Gasteiger partial charge in [0.2, 0.25) is 0 Å². The molecule has 0 saturated carbocycles. The number of hydrogen-bond donors (Lipinski definition) is 0. The molecule has 0 heterocycles. The molecule has 0 aromatic heterocycles. The zero-order valence-electron chi connectivity index (χ0n) is 32.9. The Balaban J connectivity index is 1.43. The molecule has 0 spiro atoms. The van der Waals surface area contributed by atoms with Crippen LogP contribution < -0.4 is 0 Å². The molecule has 0 N–H and O–H groups in total. The van der Waals surface area contributed by atoms with Crippen LogP contribution in [0.3, 0.4) is 0 Å². The third-order valence-corrected chi connectivity index (χ3v) is 9.10. The number of fused-ring (bicyclic) bond motifs is 3. The van der Waals surface area contributed by atoms with Gasteiger partial charge in [-0.1, -0.05) is 182 Å². The van der Waals surface area contributed by atoms with Crippen molar-refractivity contribution in [1.82, 2.24) is 0 Å². The number of rotatable bonds is 5. The Labute approximate surface area is 291 Å². The zero-order chi connectivity index (χ0) is 38.0. The van der Waals surface area contributed by atoms with Crippen LogP contribution in [-0.4, -0.2) is 0 Å². The second-order valence-electron chi connectivity index (χ2n) is 11.9. The molecule has 0 radical (unpaired) electrons. The molecule has 0 nitrogen and oxygen atoms in total. The summed E-state index contributed by atoms with van der Waals surface area (Å²) in [7, 11) is 0. The van der Waals surface area contributed by atoms with Crippen LogP contribution >= 0.6 is 0 Å². The van der Waals surface area contributed by atoms with Crippen molar-refractivity contribution < 1.29 is 9.60 Å². The molecule has 0 atom stereocenters. The Morgan fingerprint density at radius 3 is 1.58 bits per heavy atom. The Bertz CT molecular complexity index is 2970. The maximum Gasteiger partial charge on any atom is 0.0636 e. The van der Waals surface area contributed by atoms with E-state index in [9.17, 15) is 6.85 Å². The van der Waals surface area contributed by atoms with Crippen LogP contribution in [0.1, 0.15) is 9.60 Å². The van der Waals surface area contributed by atoms with E-state index in [1.807, 2.05) is 115 Å². The largest absolute Gasteiger partial charge is 0.0636 e. The third-order valence-electron chi connectivity index (χ3n) is 9.10. The summed E-state index contributed by atoms with van der Waals surface area (Å²) < 4.78 is 65.7. The molecule has 9 aromatic rings. The van der Waals surface area contributed by atoms with E-state index >= 15 is 0 Å². The van der Waals surface area contributed by atoms with Crippen molar-refractivity contribution in [2.75, 3.05) is 0 Å². The summed E-state index contributed by atoms with van der Waals surface area (Å²) in [6.07, 6.45) is 0. The molecule has 0 heteroatoms. The molecule has 9 aromatic carbocycles. The van der Waals surface area contributed by atoms with Gasteiger partial charge in [0.05, 0.1) is 9.60 Å². The average Bonchev–Trinajstić information content (AvgIpc) is 3.24. The van der Waals surface area contributed by atoms with Crippen molar-refractivity contribution in [3.63, 3.8) is 0 Å². The van der Waals surface area contributed by atoms with Crippen LogP contribution in [0, 0.1) is 0 Å². The van der Waals surface area contributed by atoms with Crippen molar-refractivity contribution in [3.05, 3.63) is 194 Å². The predicted molar refractivity (Wildman–Crippen MR) is 206 cm³/mol. The van der Waals surface area contributed by atoms with Crippen LogP contribution in [0.2, 0.25) is 0 Å². The second-order valence-corrected chi connectivity index (χ2v) is 11.9. The van der Waals surface area contributed by atoms with E-state index in [0.29, 0.717) is 44.2 Å². The lowest BCUT2D eigenvalue weighted by Crippen LogP contribution is -1.92. The van der Waals surface area contributed by atoms with Crippen molar-refractivity contribution >= 4 is 32.3 Å². The molecule has 0 aliphatic heterocycles. The lowest BCUT2D eigenvalue weighted by molar-refractivity contribution is 1.58. The first-order valence-electron chi connectivity index (χ1n) is 19.5. The molecule has 0 bridgehead atoms. The summed E-state index contributed by atoms with van der Waals surface area (Å²) >= 11 is 0. The molecule has 0 aliphatic carbocycles. The molecule has 224 valence electrons. The first-order chi connectivity index (χ1) is 26.7. The third kappa shape index (κ3) is 4.87. The Morgan fingerprint density at radius 2 is 0.833 bits per heavy atom. The fourth-order valence-electron chi connectivity index (χ4n) is 6.82. The quantitative estimate of drug-likeness (QED) is 0.169. The van der Waals surface area contributed by atoms with Crippen molar-refractivity contribution in [2.45, 2.75) is 0 Å². The van der Waals surface area contributed by atoms with Crippen LogP contribution in [0.4, 0.5) is 0 Å². The lowest BCUT2D eigenvalue weighted by atomic mass is 9.84. The summed E-state index contributed by atoms with van der Waals surface area (Å²) in [6.45, 7) is 0. The molecular weight excluding hydrogens is 577 g/mol. The minimum absolute atomic E-state index is 0.0226. The smallest absolute Gasteiger partial charge is 0.0622 e. The van der Waals surface area contributed by atoms with Crippen molar-refractivity contribution in [2.24, 2.45) is 0 Å². The molecule has 0 amide bonds. The number of hydrogen-bond acceptors (Lipinski definition) is 0. The fourth-order valence-corrected chi connectivity index (χ4v) is 6.82. The van der Waals surface area contributed by atoms with Gasteiger partial charge >= 0.3 is 0 Å². The minimum atomic E-state index is -0.388. The van der Waals surface area contributed by atoms with Crippen molar-refractivity contribution in [3.8, 4) is 55.6 Å². The van der Waals surface area contributed by atoms with Gasteiger partial charge in [0.1, 0.15) is 0 Å². The van der Waals surface area contributed by atoms with Crippen LogP contribution in [-0.2, 0) is 0 Å². The summed E-state index contributed by atoms with van der Waals surface area (Å²) in [5.74, 6) is 0. The van der Waals surface area contributed by atoms with Gasteiger partial charge in [-0.2, -0.15) is 0 Å². The van der Waals surface area contributed by atoms with Crippen LogP contribution in [0.5, 0.6) is 0 Å². The van der Waals surface area contributed by atoms with Gasteiger partial charge in [0, 0.05) is 0 Å². The molecule has 0 fully saturated rings. The van der Waals surface area contributed by atoms with Gasteiger partial charge in [-0.25, -0.2) is 0 Å². The maximum atomic E-state index is 10.0. The van der Waals surface area contributed by atoms with Gasteiger partial charge < -0.3 is 0 Å². The van der Waals surface area contributed by atoms with E-state index in [-0.39, 0.29) is 53.1 Å². The van der Waals surface area contributed by atoms with Crippen molar-refractivity contribution in [1.29, 1.82) is 0 Å². The Hall–Kier alpha value is -6.24. The van der Waals surface area contributed by atoms with E-state index in [0.717, 1.165) is 33.0 Å². The van der Waals surface area contributed by atoms with Gasteiger partial charge in [0.25, 0.3) is 0 Å². The van der Waals surface area contributed by atoms with E-state index < -0.39 is 0 Å². The summed E-state index contributed by atoms with van der Waals surface area (Å²) in [4.78, 5) is 0. The van der Waals surface area contributed by atoms with Crippen LogP contribution in [0.25, 0.3) is 88.0 Å². The van der Waals surface area contributed by atoms with Gasteiger partial charge in [-0.3, -0.25) is 0 Å². The standard InChI is InChI=1S/C48H32/c1-3-13-33(14-4-1)34-25-27-35(28-26-34)38-19-11-20-40(31-38)48-44-23-10-9-22-43(44)47(37-16-5-2-6-17-37)46-32-39(29-30-45(46)48)42-24-12-18-36-15-7-8-21-41(36)42/h1-32H/i9D,10D,22D,23D,29D,30D,32D. The molecule has 9 rings (SSSR count). The fraction of sp³-hybridized carbons (Fsp3) is 0. The maximum absolute atomic E-state index is 10.0. The second kappa shape index (κ2) is 11.8. The highest BCUT2D eigenvalue weighted by Crippen LogP contribution is 2.45. The molecule has 0 unspecified atom stereocenters.